The van der Waals surface area contributed by atoms with Gasteiger partial charge in [0.15, 0.2) is 0 Å². The summed E-state index contributed by atoms with van der Waals surface area (Å²) < 4.78 is 43.9. The summed E-state index contributed by atoms with van der Waals surface area (Å²) in [6.45, 7) is 2.64. The van der Waals surface area contributed by atoms with Gasteiger partial charge < -0.3 is 9.42 Å². The van der Waals surface area contributed by atoms with Crippen molar-refractivity contribution >= 4 is 5.91 Å². The van der Waals surface area contributed by atoms with Crippen LogP contribution in [0, 0.1) is 0 Å². The number of rotatable bonds is 4. The smallest absolute Gasteiger partial charge is 0.338 e. The van der Waals surface area contributed by atoms with E-state index in [2.05, 4.69) is 15.1 Å². The van der Waals surface area contributed by atoms with Crippen LogP contribution in [-0.4, -0.2) is 57.0 Å². The Labute approximate surface area is 170 Å². The molecule has 0 saturated carbocycles. The average Bonchev–Trinajstić information content (AvgIpc) is 3.22. The fourth-order valence-corrected chi connectivity index (χ4v) is 3.22. The average molecular weight is 417 g/mol. The zero-order chi connectivity index (χ0) is 21.1. The monoisotopic (exact) mass is 417 g/mol. The lowest BCUT2D eigenvalue weighted by atomic mass is 10.1. The predicted octanol–water partition coefficient (Wildman–Crippen LogP) is 3.11. The van der Waals surface area contributed by atoms with Crippen molar-refractivity contribution in [2.24, 2.45) is 0 Å². The molecule has 1 aliphatic heterocycles. The second kappa shape index (κ2) is 8.23. The van der Waals surface area contributed by atoms with Crippen LogP contribution in [0.4, 0.5) is 13.2 Å². The summed E-state index contributed by atoms with van der Waals surface area (Å²) >= 11 is 0. The molecule has 0 radical (unpaired) electrons. The molecule has 30 heavy (non-hydrogen) atoms. The molecular formula is C20H18F3N5O2. The van der Waals surface area contributed by atoms with E-state index in [1.807, 2.05) is 4.90 Å². The maximum atomic E-state index is 12.9. The molecule has 1 saturated heterocycles. The molecule has 3 heterocycles. The Kier molecular flexibility index (Phi) is 5.49. The molecule has 4 rings (SSSR count). The minimum absolute atomic E-state index is 0.111. The first-order chi connectivity index (χ1) is 14.4. The molecule has 0 spiro atoms. The van der Waals surface area contributed by atoms with Gasteiger partial charge in [-0.15, -0.1) is 0 Å². The van der Waals surface area contributed by atoms with Crippen LogP contribution >= 0.6 is 0 Å². The quantitative estimate of drug-likeness (QED) is 0.650. The van der Waals surface area contributed by atoms with Gasteiger partial charge in [0.05, 0.1) is 12.1 Å². The van der Waals surface area contributed by atoms with E-state index in [4.69, 9.17) is 4.52 Å². The summed E-state index contributed by atoms with van der Waals surface area (Å²) in [7, 11) is 0. The zero-order valence-electron chi connectivity index (χ0n) is 15.8. The number of piperazine rings is 1. The minimum atomic E-state index is -4.44. The Balaban J connectivity index is 1.36. The molecule has 156 valence electrons. The molecule has 1 aliphatic rings. The number of nitrogens with zero attached hydrogens (tertiary/aromatic N) is 5. The summed E-state index contributed by atoms with van der Waals surface area (Å²) in [5.74, 6) is 0.312. The van der Waals surface area contributed by atoms with E-state index in [0.29, 0.717) is 44.3 Å². The van der Waals surface area contributed by atoms with Gasteiger partial charge in [-0.25, -0.2) is 0 Å². The lowest BCUT2D eigenvalue weighted by Gasteiger charge is -2.33. The third-order valence-electron chi connectivity index (χ3n) is 4.82. The van der Waals surface area contributed by atoms with Gasteiger partial charge in [-0.05, 0) is 24.3 Å². The Morgan fingerprint density at radius 2 is 1.87 bits per heavy atom. The Morgan fingerprint density at radius 1 is 1.07 bits per heavy atom. The molecule has 1 amide bonds. The highest BCUT2D eigenvalue weighted by Gasteiger charge is 2.31. The van der Waals surface area contributed by atoms with Gasteiger partial charge in [0.2, 0.25) is 11.7 Å². The lowest BCUT2D eigenvalue weighted by Crippen LogP contribution is -2.48. The van der Waals surface area contributed by atoms with Crippen molar-refractivity contribution in [2.45, 2.75) is 12.7 Å². The van der Waals surface area contributed by atoms with Crippen molar-refractivity contribution in [3.8, 4) is 11.4 Å². The Hall–Kier alpha value is -3.27. The van der Waals surface area contributed by atoms with Gasteiger partial charge in [-0.2, -0.15) is 18.2 Å². The number of alkyl halides is 3. The highest BCUT2D eigenvalue weighted by Crippen LogP contribution is 2.31. The second-order valence-electron chi connectivity index (χ2n) is 6.87. The molecule has 0 unspecified atom stereocenters. The van der Waals surface area contributed by atoms with Crippen LogP contribution in [0.2, 0.25) is 0 Å². The SMILES string of the molecule is O=C(c1ccccn1)N1CCN(Cc2nc(-c3cccc(C(F)(F)F)c3)no2)CC1. The van der Waals surface area contributed by atoms with Crippen molar-refractivity contribution in [1.82, 2.24) is 24.9 Å². The fourth-order valence-electron chi connectivity index (χ4n) is 3.22. The van der Waals surface area contributed by atoms with Crippen molar-refractivity contribution in [3.05, 3.63) is 65.8 Å². The largest absolute Gasteiger partial charge is 0.416 e. The second-order valence-corrected chi connectivity index (χ2v) is 6.87. The first-order valence-electron chi connectivity index (χ1n) is 9.33. The van der Waals surface area contributed by atoms with Gasteiger partial charge in [0.25, 0.3) is 5.91 Å². The van der Waals surface area contributed by atoms with E-state index in [-0.39, 0.29) is 17.3 Å². The molecule has 7 nitrogen and oxygen atoms in total. The highest BCUT2D eigenvalue weighted by atomic mass is 19.4. The van der Waals surface area contributed by atoms with Crippen LogP contribution in [-0.2, 0) is 12.7 Å². The number of pyridine rings is 1. The number of carbonyl (C=O) groups is 1. The van der Waals surface area contributed by atoms with Gasteiger partial charge in [-0.1, -0.05) is 23.4 Å². The standard InChI is InChI=1S/C20H18F3N5O2/c21-20(22,23)15-5-3-4-14(12-15)18-25-17(30-26-18)13-27-8-10-28(11-9-27)19(29)16-6-1-2-7-24-16/h1-7,12H,8-11,13H2. The maximum absolute atomic E-state index is 12.9. The van der Waals surface area contributed by atoms with Crippen LogP contribution in [0.25, 0.3) is 11.4 Å². The van der Waals surface area contributed by atoms with E-state index in [9.17, 15) is 18.0 Å². The number of hydrogen-bond acceptors (Lipinski definition) is 6. The van der Waals surface area contributed by atoms with Gasteiger partial charge >= 0.3 is 6.18 Å². The number of hydrogen-bond donors (Lipinski definition) is 0. The molecule has 10 heteroatoms. The van der Waals surface area contributed by atoms with E-state index < -0.39 is 11.7 Å². The zero-order valence-corrected chi connectivity index (χ0v) is 15.8. The van der Waals surface area contributed by atoms with Crippen molar-refractivity contribution in [3.63, 3.8) is 0 Å². The highest BCUT2D eigenvalue weighted by molar-refractivity contribution is 5.92. The topological polar surface area (TPSA) is 75.4 Å². The van der Waals surface area contributed by atoms with Gasteiger partial charge in [0.1, 0.15) is 5.69 Å². The molecule has 0 bridgehead atoms. The maximum Gasteiger partial charge on any atom is 0.416 e. The number of halogens is 3. The van der Waals surface area contributed by atoms with Gasteiger partial charge in [0, 0.05) is 37.9 Å². The molecule has 0 aliphatic carbocycles. The van der Waals surface area contributed by atoms with E-state index in [0.717, 1.165) is 12.1 Å². The van der Waals surface area contributed by atoms with Crippen LogP contribution in [0.5, 0.6) is 0 Å². The first kappa shape index (κ1) is 20.0. The summed E-state index contributed by atoms with van der Waals surface area (Å²) in [5, 5.41) is 3.81. The van der Waals surface area contributed by atoms with Gasteiger partial charge in [-0.3, -0.25) is 14.7 Å². The molecular weight excluding hydrogens is 399 g/mol. The van der Waals surface area contributed by atoms with Crippen LogP contribution in [0.1, 0.15) is 21.9 Å². The molecule has 1 fully saturated rings. The van der Waals surface area contributed by atoms with E-state index >= 15 is 0 Å². The molecule has 0 N–H and O–H groups in total. The summed E-state index contributed by atoms with van der Waals surface area (Å²) in [6.07, 6.45) is -2.85. The summed E-state index contributed by atoms with van der Waals surface area (Å²) in [4.78, 5) is 24.5. The van der Waals surface area contributed by atoms with Crippen LogP contribution in [0.3, 0.4) is 0 Å². The van der Waals surface area contributed by atoms with Crippen molar-refractivity contribution in [2.75, 3.05) is 26.2 Å². The first-order valence-corrected chi connectivity index (χ1v) is 9.33. The molecule has 1 aromatic carbocycles. The van der Waals surface area contributed by atoms with Crippen molar-refractivity contribution in [1.29, 1.82) is 0 Å². The number of amides is 1. The predicted molar refractivity (Wildman–Crippen MR) is 100 cm³/mol. The number of aromatic nitrogens is 3. The Bertz CT molecular complexity index is 1010. The molecule has 0 atom stereocenters. The summed E-state index contributed by atoms with van der Waals surface area (Å²) in [6, 6.07) is 10.0. The minimum Gasteiger partial charge on any atom is -0.338 e. The summed E-state index contributed by atoms with van der Waals surface area (Å²) in [5.41, 5.74) is -0.112. The number of benzene rings is 1. The normalized spacial score (nSPS) is 15.4. The third-order valence-corrected chi connectivity index (χ3v) is 4.82. The number of carbonyl (C=O) groups excluding carboxylic acids is 1. The van der Waals surface area contributed by atoms with E-state index in [1.54, 1.807) is 29.3 Å². The molecule has 2 aromatic heterocycles. The fraction of sp³-hybridized carbons (Fsp3) is 0.300. The third kappa shape index (κ3) is 4.48. The Morgan fingerprint density at radius 3 is 2.57 bits per heavy atom. The van der Waals surface area contributed by atoms with E-state index in [1.165, 1.54) is 12.1 Å². The van der Waals surface area contributed by atoms with Crippen molar-refractivity contribution < 1.29 is 22.5 Å². The molecule has 3 aromatic rings. The van der Waals surface area contributed by atoms with Crippen LogP contribution < -0.4 is 0 Å². The van der Waals surface area contributed by atoms with Crippen LogP contribution in [0.15, 0.2) is 53.2 Å². The lowest BCUT2D eigenvalue weighted by molar-refractivity contribution is -0.137.